The standard InChI is InChI=1S/C21H23N3O3/c1-3-18-20(26)22-11-12-24(18)21(27)16-10-9-14(2)17(13-16)23-19(25)15-7-5-4-6-8-15/h4-10,13,18H,3,11-12H2,1-2H3,(H,22,26)(H,23,25). The van der Waals surface area contributed by atoms with Gasteiger partial charge < -0.3 is 15.5 Å². The Kier molecular flexibility index (Phi) is 5.54. The normalized spacial score (nSPS) is 16.6. The van der Waals surface area contributed by atoms with Crippen LogP contribution in [0.5, 0.6) is 0 Å². The van der Waals surface area contributed by atoms with E-state index in [2.05, 4.69) is 10.6 Å². The molecule has 1 fully saturated rings. The number of nitrogens with zero attached hydrogens (tertiary/aromatic N) is 1. The molecule has 3 amide bonds. The molecule has 0 saturated carbocycles. The van der Waals surface area contributed by atoms with Gasteiger partial charge in [-0.2, -0.15) is 0 Å². The third-order valence-corrected chi connectivity index (χ3v) is 4.75. The largest absolute Gasteiger partial charge is 0.353 e. The molecule has 2 aromatic carbocycles. The van der Waals surface area contributed by atoms with Crippen LogP contribution in [-0.4, -0.2) is 41.8 Å². The second kappa shape index (κ2) is 8.03. The second-order valence-corrected chi connectivity index (χ2v) is 6.56. The minimum Gasteiger partial charge on any atom is -0.353 e. The molecule has 6 nitrogen and oxygen atoms in total. The van der Waals surface area contributed by atoms with Gasteiger partial charge in [0, 0.05) is 29.9 Å². The van der Waals surface area contributed by atoms with Gasteiger partial charge in [-0.3, -0.25) is 14.4 Å². The lowest BCUT2D eigenvalue weighted by molar-refractivity contribution is -0.127. The summed E-state index contributed by atoms with van der Waals surface area (Å²) in [6.45, 7) is 4.68. The molecule has 0 bridgehead atoms. The van der Waals surface area contributed by atoms with Crippen LogP contribution in [0.4, 0.5) is 5.69 Å². The Balaban J connectivity index is 1.83. The number of hydrogen-bond acceptors (Lipinski definition) is 3. The Bertz CT molecular complexity index is 864. The summed E-state index contributed by atoms with van der Waals surface area (Å²) in [5.41, 5.74) is 2.45. The van der Waals surface area contributed by atoms with Crippen molar-refractivity contribution in [3.8, 4) is 0 Å². The molecule has 6 heteroatoms. The SMILES string of the molecule is CCC1C(=O)NCCN1C(=O)c1ccc(C)c(NC(=O)c2ccccc2)c1. The zero-order valence-electron chi connectivity index (χ0n) is 15.5. The molecule has 0 radical (unpaired) electrons. The highest BCUT2D eigenvalue weighted by molar-refractivity contribution is 6.06. The molecule has 1 heterocycles. The lowest BCUT2D eigenvalue weighted by Crippen LogP contribution is -2.56. The van der Waals surface area contributed by atoms with Crippen molar-refractivity contribution in [2.24, 2.45) is 0 Å². The van der Waals surface area contributed by atoms with E-state index < -0.39 is 6.04 Å². The Labute approximate surface area is 158 Å². The number of aryl methyl sites for hydroxylation is 1. The lowest BCUT2D eigenvalue weighted by atomic mass is 10.0. The number of anilines is 1. The fourth-order valence-electron chi connectivity index (χ4n) is 3.20. The maximum absolute atomic E-state index is 13.0. The van der Waals surface area contributed by atoms with E-state index in [0.29, 0.717) is 36.3 Å². The molecule has 1 unspecified atom stereocenters. The van der Waals surface area contributed by atoms with E-state index in [9.17, 15) is 14.4 Å². The quantitative estimate of drug-likeness (QED) is 0.874. The van der Waals surface area contributed by atoms with Crippen LogP contribution in [0, 0.1) is 6.92 Å². The van der Waals surface area contributed by atoms with Crippen molar-refractivity contribution in [1.29, 1.82) is 0 Å². The molecule has 3 rings (SSSR count). The molecule has 140 valence electrons. The predicted octanol–water partition coefficient (Wildman–Crippen LogP) is 2.60. The highest BCUT2D eigenvalue weighted by Crippen LogP contribution is 2.21. The van der Waals surface area contributed by atoms with Crippen molar-refractivity contribution in [1.82, 2.24) is 10.2 Å². The van der Waals surface area contributed by atoms with Gasteiger partial charge in [-0.05, 0) is 43.2 Å². The summed E-state index contributed by atoms with van der Waals surface area (Å²) in [5, 5.41) is 5.66. The van der Waals surface area contributed by atoms with Gasteiger partial charge >= 0.3 is 0 Å². The van der Waals surface area contributed by atoms with Crippen LogP contribution in [0.15, 0.2) is 48.5 Å². The predicted molar refractivity (Wildman–Crippen MR) is 104 cm³/mol. The van der Waals surface area contributed by atoms with Crippen LogP contribution >= 0.6 is 0 Å². The van der Waals surface area contributed by atoms with Crippen LogP contribution in [-0.2, 0) is 4.79 Å². The maximum atomic E-state index is 13.0. The van der Waals surface area contributed by atoms with Gasteiger partial charge in [0.05, 0.1) is 0 Å². The molecule has 0 aliphatic carbocycles. The third kappa shape index (κ3) is 4.00. The van der Waals surface area contributed by atoms with Crippen molar-refractivity contribution in [3.63, 3.8) is 0 Å². The zero-order valence-corrected chi connectivity index (χ0v) is 15.5. The minimum absolute atomic E-state index is 0.123. The smallest absolute Gasteiger partial charge is 0.255 e. The molecule has 0 spiro atoms. The number of benzene rings is 2. The van der Waals surface area contributed by atoms with E-state index >= 15 is 0 Å². The van der Waals surface area contributed by atoms with E-state index in [4.69, 9.17) is 0 Å². The average molecular weight is 365 g/mol. The van der Waals surface area contributed by atoms with E-state index in [-0.39, 0.29) is 17.7 Å². The molecule has 1 aliphatic rings. The number of nitrogens with one attached hydrogen (secondary N) is 2. The highest BCUT2D eigenvalue weighted by Gasteiger charge is 2.32. The van der Waals surface area contributed by atoms with Crippen LogP contribution in [0.25, 0.3) is 0 Å². The molecule has 1 atom stereocenters. The van der Waals surface area contributed by atoms with Crippen molar-refractivity contribution in [3.05, 3.63) is 65.2 Å². The first kappa shape index (κ1) is 18.6. The number of piperazine rings is 1. The third-order valence-electron chi connectivity index (χ3n) is 4.75. The van der Waals surface area contributed by atoms with Crippen molar-refractivity contribution < 1.29 is 14.4 Å². The number of carbonyl (C=O) groups is 3. The number of amides is 3. The van der Waals surface area contributed by atoms with E-state index in [0.717, 1.165) is 5.56 Å². The monoisotopic (exact) mass is 365 g/mol. The lowest BCUT2D eigenvalue weighted by Gasteiger charge is -2.34. The second-order valence-electron chi connectivity index (χ2n) is 6.56. The fraction of sp³-hybridized carbons (Fsp3) is 0.286. The summed E-state index contributed by atoms with van der Waals surface area (Å²) < 4.78 is 0. The van der Waals surface area contributed by atoms with E-state index in [1.807, 2.05) is 19.9 Å². The first-order chi connectivity index (χ1) is 13.0. The summed E-state index contributed by atoms with van der Waals surface area (Å²) in [7, 11) is 0. The van der Waals surface area contributed by atoms with Crippen molar-refractivity contribution >= 4 is 23.4 Å². The summed E-state index contributed by atoms with van der Waals surface area (Å²) in [5.74, 6) is -0.555. The average Bonchev–Trinajstić information content (AvgIpc) is 2.69. The summed E-state index contributed by atoms with van der Waals surface area (Å²) in [6, 6.07) is 13.7. The topological polar surface area (TPSA) is 78.5 Å². The number of carbonyl (C=O) groups excluding carboxylic acids is 3. The van der Waals surface area contributed by atoms with Crippen LogP contribution < -0.4 is 10.6 Å². The number of hydrogen-bond donors (Lipinski definition) is 2. The minimum atomic E-state index is -0.463. The molecule has 1 saturated heterocycles. The van der Waals surface area contributed by atoms with E-state index in [1.54, 1.807) is 47.4 Å². The summed E-state index contributed by atoms with van der Waals surface area (Å²) >= 11 is 0. The molecule has 1 aliphatic heterocycles. The van der Waals surface area contributed by atoms with Gasteiger partial charge in [-0.25, -0.2) is 0 Å². The highest BCUT2D eigenvalue weighted by atomic mass is 16.2. The molecule has 27 heavy (non-hydrogen) atoms. The summed E-state index contributed by atoms with van der Waals surface area (Å²) in [6.07, 6.45) is 0.557. The van der Waals surface area contributed by atoms with Gasteiger partial charge in [-0.15, -0.1) is 0 Å². The van der Waals surface area contributed by atoms with Crippen molar-refractivity contribution in [2.45, 2.75) is 26.3 Å². The Morgan fingerprint density at radius 1 is 1.15 bits per heavy atom. The van der Waals surface area contributed by atoms with Gasteiger partial charge in [0.25, 0.3) is 11.8 Å². The summed E-state index contributed by atoms with van der Waals surface area (Å²) in [4.78, 5) is 39.0. The Morgan fingerprint density at radius 2 is 1.89 bits per heavy atom. The van der Waals surface area contributed by atoms with Gasteiger partial charge in [0.2, 0.25) is 5.91 Å². The number of rotatable bonds is 4. The van der Waals surface area contributed by atoms with E-state index in [1.165, 1.54) is 0 Å². The molecular formula is C21H23N3O3. The molecule has 2 aromatic rings. The first-order valence-corrected chi connectivity index (χ1v) is 9.07. The Hall–Kier alpha value is -3.15. The Morgan fingerprint density at radius 3 is 2.59 bits per heavy atom. The molecule has 0 aromatic heterocycles. The maximum Gasteiger partial charge on any atom is 0.255 e. The van der Waals surface area contributed by atoms with Gasteiger partial charge in [-0.1, -0.05) is 31.2 Å². The van der Waals surface area contributed by atoms with Crippen molar-refractivity contribution in [2.75, 3.05) is 18.4 Å². The zero-order chi connectivity index (χ0) is 19.4. The van der Waals surface area contributed by atoms with Crippen LogP contribution in [0.1, 0.15) is 39.6 Å². The van der Waals surface area contributed by atoms with Gasteiger partial charge in [0.1, 0.15) is 6.04 Å². The van der Waals surface area contributed by atoms with Crippen LogP contribution in [0.3, 0.4) is 0 Å². The van der Waals surface area contributed by atoms with Gasteiger partial charge in [0.15, 0.2) is 0 Å². The van der Waals surface area contributed by atoms with Crippen LogP contribution in [0.2, 0.25) is 0 Å². The first-order valence-electron chi connectivity index (χ1n) is 9.07. The molecular weight excluding hydrogens is 342 g/mol. The fourth-order valence-corrected chi connectivity index (χ4v) is 3.20. The molecule has 2 N–H and O–H groups in total.